The Kier molecular flexibility index (Phi) is 14.2. The minimum atomic E-state index is -0.303. The summed E-state index contributed by atoms with van der Waals surface area (Å²) in [5, 5.41) is 8.13. The van der Waals surface area contributed by atoms with Crippen LogP contribution in [0.5, 0.6) is 11.5 Å². The fourth-order valence-corrected chi connectivity index (χ4v) is 6.00. The number of carbonyl (C=O) groups excluding carboxylic acids is 1. The SMILES string of the molecule is COc1cc(OC)cc(N(CCNC(C)C)c2ccc3ncc(-c4cnn(CCCCCCCCC(=O)NOC5CCCCO5)c4)nc3c2)c1. The van der Waals surface area contributed by atoms with Gasteiger partial charge in [-0.2, -0.15) is 5.10 Å². The van der Waals surface area contributed by atoms with E-state index in [1.165, 1.54) is 0 Å². The predicted molar refractivity (Wildman–Crippen MR) is 196 cm³/mol. The van der Waals surface area contributed by atoms with E-state index in [4.69, 9.17) is 29.0 Å². The molecule has 0 spiro atoms. The van der Waals surface area contributed by atoms with Crippen LogP contribution in [0.15, 0.2) is 55.0 Å². The van der Waals surface area contributed by atoms with E-state index in [-0.39, 0.29) is 12.2 Å². The highest BCUT2D eigenvalue weighted by Crippen LogP contribution is 2.34. The lowest BCUT2D eigenvalue weighted by Crippen LogP contribution is -2.32. The zero-order valence-electron chi connectivity index (χ0n) is 30.0. The van der Waals surface area contributed by atoms with Crippen molar-refractivity contribution in [2.75, 3.05) is 38.8 Å². The van der Waals surface area contributed by atoms with Gasteiger partial charge in [-0.1, -0.05) is 39.5 Å². The van der Waals surface area contributed by atoms with E-state index in [9.17, 15) is 4.79 Å². The van der Waals surface area contributed by atoms with Gasteiger partial charge >= 0.3 is 0 Å². The van der Waals surface area contributed by atoms with Crippen molar-refractivity contribution >= 4 is 28.3 Å². The van der Waals surface area contributed by atoms with Crippen LogP contribution in [0.4, 0.5) is 11.4 Å². The molecule has 1 saturated heterocycles. The van der Waals surface area contributed by atoms with Crippen molar-refractivity contribution in [3.63, 3.8) is 0 Å². The summed E-state index contributed by atoms with van der Waals surface area (Å²) in [6.45, 7) is 7.37. The molecule has 3 heterocycles. The summed E-state index contributed by atoms with van der Waals surface area (Å²) < 4.78 is 18.6. The second-order valence-corrected chi connectivity index (χ2v) is 13.1. The Morgan fingerprint density at radius 3 is 2.48 bits per heavy atom. The number of benzene rings is 2. The van der Waals surface area contributed by atoms with Crippen molar-refractivity contribution in [2.24, 2.45) is 0 Å². The molecule has 0 aliphatic carbocycles. The van der Waals surface area contributed by atoms with Gasteiger partial charge in [-0.15, -0.1) is 0 Å². The normalized spacial score (nSPS) is 14.6. The summed E-state index contributed by atoms with van der Waals surface area (Å²) in [7, 11) is 3.33. The lowest BCUT2D eigenvalue weighted by molar-refractivity contribution is -0.200. The predicted octanol–water partition coefficient (Wildman–Crippen LogP) is 6.95. The van der Waals surface area contributed by atoms with Gasteiger partial charge in [0.05, 0.1) is 43.3 Å². The molecule has 2 N–H and O–H groups in total. The second kappa shape index (κ2) is 19.2. The standard InChI is InChI=1S/C38H53N7O5/c1-28(2)39-17-19-45(31-21-32(47-3)24-33(22-31)48-4)30-15-16-34-35(23-30)42-36(26-40-34)29-25-41-44(27-29)18-11-8-6-5-7-9-13-37(46)43-50-38-14-10-12-20-49-38/h15-16,21-28,38-39H,5-14,17-20H2,1-4H3,(H,43,46). The van der Waals surface area contributed by atoms with Crippen LogP contribution in [0, 0.1) is 0 Å². The van der Waals surface area contributed by atoms with E-state index in [1.54, 1.807) is 14.2 Å². The molecule has 1 aliphatic heterocycles. The molecule has 1 aliphatic rings. The summed E-state index contributed by atoms with van der Waals surface area (Å²) in [6, 6.07) is 12.5. The molecule has 4 aromatic rings. The van der Waals surface area contributed by atoms with E-state index in [1.807, 2.05) is 47.5 Å². The maximum Gasteiger partial charge on any atom is 0.243 e. The summed E-state index contributed by atoms with van der Waals surface area (Å²) in [4.78, 5) is 29.3. The summed E-state index contributed by atoms with van der Waals surface area (Å²) in [5.74, 6) is 1.39. The van der Waals surface area contributed by atoms with E-state index < -0.39 is 0 Å². The van der Waals surface area contributed by atoms with Crippen molar-refractivity contribution < 1.29 is 23.8 Å². The van der Waals surface area contributed by atoms with Gasteiger partial charge in [0.25, 0.3) is 0 Å². The molecule has 12 heteroatoms. The Labute approximate surface area is 295 Å². The molecular weight excluding hydrogens is 634 g/mol. The maximum absolute atomic E-state index is 12.0. The maximum atomic E-state index is 12.0. The molecule has 0 saturated carbocycles. The van der Waals surface area contributed by atoms with Gasteiger partial charge < -0.3 is 24.4 Å². The van der Waals surface area contributed by atoms with Crippen LogP contribution >= 0.6 is 0 Å². The number of hydrogen-bond acceptors (Lipinski definition) is 10. The van der Waals surface area contributed by atoms with Crippen LogP contribution in [0.25, 0.3) is 22.3 Å². The largest absolute Gasteiger partial charge is 0.497 e. The van der Waals surface area contributed by atoms with Gasteiger partial charge in [-0.3, -0.25) is 14.5 Å². The number of methoxy groups -OCH3 is 2. The molecule has 1 amide bonds. The Morgan fingerprint density at radius 2 is 1.74 bits per heavy atom. The molecule has 12 nitrogen and oxygen atoms in total. The zero-order chi connectivity index (χ0) is 35.1. The molecule has 270 valence electrons. The third-order valence-corrected chi connectivity index (χ3v) is 8.79. The average molecular weight is 688 g/mol. The number of amides is 1. The first-order valence-corrected chi connectivity index (χ1v) is 18.0. The van der Waals surface area contributed by atoms with E-state index in [2.05, 4.69) is 46.8 Å². The number of carbonyl (C=O) groups is 1. The quantitative estimate of drug-likeness (QED) is 0.0745. The van der Waals surface area contributed by atoms with Crippen LogP contribution < -0.4 is 25.2 Å². The Morgan fingerprint density at radius 1 is 0.960 bits per heavy atom. The van der Waals surface area contributed by atoms with Crippen LogP contribution in [0.2, 0.25) is 0 Å². The highest BCUT2D eigenvalue weighted by atomic mass is 16.8. The number of aromatic nitrogens is 4. The van der Waals surface area contributed by atoms with E-state index in [0.717, 1.165) is 123 Å². The first kappa shape index (κ1) is 37.0. The van der Waals surface area contributed by atoms with Gasteiger partial charge in [0.2, 0.25) is 5.91 Å². The highest BCUT2D eigenvalue weighted by Gasteiger charge is 2.17. The van der Waals surface area contributed by atoms with E-state index >= 15 is 0 Å². The number of anilines is 2. The minimum absolute atomic E-state index is 0.0731. The monoisotopic (exact) mass is 687 g/mol. The molecule has 5 rings (SSSR count). The van der Waals surface area contributed by atoms with Crippen molar-refractivity contribution in [2.45, 2.75) is 96.9 Å². The number of hydrogen-bond donors (Lipinski definition) is 2. The van der Waals surface area contributed by atoms with Crippen molar-refractivity contribution in [3.8, 4) is 22.8 Å². The van der Waals surface area contributed by atoms with Crippen LogP contribution in [0.3, 0.4) is 0 Å². The third-order valence-electron chi connectivity index (χ3n) is 8.79. The number of unbranched alkanes of at least 4 members (excludes halogenated alkanes) is 5. The molecule has 1 fully saturated rings. The molecular formula is C38H53N7O5. The molecule has 1 unspecified atom stereocenters. The highest BCUT2D eigenvalue weighted by molar-refractivity contribution is 5.82. The molecule has 2 aromatic heterocycles. The lowest BCUT2D eigenvalue weighted by atomic mass is 10.1. The van der Waals surface area contributed by atoms with Gasteiger partial charge in [0.15, 0.2) is 6.29 Å². The Balaban J connectivity index is 1.12. The molecule has 1 atom stereocenters. The molecule has 0 radical (unpaired) electrons. The average Bonchev–Trinajstić information content (AvgIpc) is 3.62. The van der Waals surface area contributed by atoms with Crippen molar-refractivity contribution in [1.29, 1.82) is 0 Å². The third kappa shape index (κ3) is 11.1. The first-order valence-electron chi connectivity index (χ1n) is 18.0. The summed E-state index contributed by atoms with van der Waals surface area (Å²) in [6.07, 6.45) is 15.1. The zero-order valence-corrected chi connectivity index (χ0v) is 30.0. The number of nitrogens with one attached hydrogen (secondary N) is 2. The summed E-state index contributed by atoms with van der Waals surface area (Å²) in [5.41, 5.74) is 7.88. The number of aryl methyl sites for hydroxylation is 1. The molecule has 2 aromatic carbocycles. The number of nitrogens with zero attached hydrogens (tertiary/aromatic N) is 5. The number of fused-ring (bicyclic) bond motifs is 1. The van der Waals surface area contributed by atoms with Gasteiger partial charge in [-0.05, 0) is 43.9 Å². The lowest BCUT2D eigenvalue weighted by Gasteiger charge is -2.27. The van der Waals surface area contributed by atoms with Crippen molar-refractivity contribution in [3.05, 3.63) is 55.0 Å². The van der Waals surface area contributed by atoms with E-state index in [0.29, 0.717) is 19.1 Å². The topological polar surface area (TPSA) is 125 Å². The number of rotatable bonds is 20. The molecule has 0 bridgehead atoms. The Hall–Kier alpha value is -4.26. The van der Waals surface area contributed by atoms with Gasteiger partial charge in [-0.25, -0.2) is 15.3 Å². The fourth-order valence-electron chi connectivity index (χ4n) is 6.00. The number of hydroxylamine groups is 1. The van der Waals surface area contributed by atoms with Crippen LogP contribution in [0.1, 0.15) is 78.1 Å². The molecule has 50 heavy (non-hydrogen) atoms. The summed E-state index contributed by atoms with van der Waals surface area (Å²) >= 11 is 0. The first-order chi connectivity index (χ1) is 24.4. The van der Waals surface area contributed by atoms with Crippen LogP contribution in [-0.4, -0.2) is 71.9 Å². The van der Waals surface area contributed by atoms with Gasteiger partial charge in [0.1, 0.15) is 11.5 Å². The number of ether oxygens (including phenoxy) is 3. The van der Waals surface area contributed by atoms with Gasteiger partial charge in [0, 0.05) is 86.5 Å². The fraction of sp³-hybridized carbons (Fsp3) is 0.526. The van der Waals surface area contributed by atoms with Crippen LogP contribution in [-0.2, 0) is 20.9 Å². The van der Waals surface area contributed by atoms with Crippen molar-refractivity contribution in [1.82, 2.24) is 30.5 Å². The second-order valence-electron chi connectivity index (χ2n) is 13.1. The minimum Gasteiger partial charge on any atom is -0.497 e. The smallest absolute Gasteiger partial charge is 0.243 e. The Bertz CT molecular complexity index is 1620.